The minimum Gasteiger partial charge on any atom is -0.387 e. The highest BCUT2D eigenvalue weighted by atomic mass is 19.1. The van der Waals surface area contributed by atoms with Gasteiger partial charge < -0.3 is 26.5 Å². The van der Waals surface area contributed by atoms with Crippen LogP contribution in [0.4, 0.5) is 14.5 Å². The molecule has 1 aliphatic carbocycles. The highest BCUT2D eigenvalue weighted by molar-refractivity contribution is 6.10. The molecule has 1 amide bonds. The lowest BCUT2D eigenvalue weighted by Crippen LogP contribution is -2.42. The van der Waals surface area contributed by atoms with Crippen molar-refractivity contribution in [2.45, 2.75) is 57.1 Å². The molecule has 1 aliphatic heterocycles. The predicted molar refractivity (Wildman–Crippen MR) is 125 cm³/mol. The van der Waals surface area contributed by atoms with Crippen molar-refractivity contribution in [3.63, 3.8) is 0 Å². The number of rotatable bonds is 8. The first kappa shape index (κ1) is 25.0. The Labute approximate surface area is 196 Å². The smallest absolute Gasteiger partial charge is 0.255 e. The van der Waals surface area contributed by atoms with Crippen molar-refractivity contribution in [3.8, 4) is 6.07 Å². The molecule has 0 spiro atoms. The molecule has 1 aromatic rings. The molecule has 0 radical (unpaired) electrons. The summed E-state index contributed by atoms with van der Waals surface area (Å²) in [6.07, 6.45) is 3.99. The van der Waals surface area contributed by atoms with Crippen LogP contribution in [0.25, 0.3) is 5.57 Å². The summed E-state index contributed by atoms with van der Waals surface area (Å²) in [4.78, 5) is 21.2. The molecule has 11 heteroatoms. The van der Waals surface area contributed by atoms with E-state index >= 15 is 0 Å². The van der Waals surface area contributed by atoms with Crippen LogP contribution in [0.2, 0.25) is 0 Å². The van der Waals surface area contributed by atoms with Gasteiger partial charge >= 0.3 is 0 Å². The Morgan fingerprint density at radius 1 is 1.50 bits per heavy atom. The molecule has 2 unspecified atom stereocenters. The molecule has 3 rings (SSSR count). The Balaban J connectivity index is 1.93. The number of carbonyl (C=O) groups excluding carboxylic acids is 1. The van der Waals surface area contributed by atoms with Crippen LogP contribution in [0, 0.1) is 16.7 Å². The van der Waals surface area contributed by atoms with E-state index in [1.165, 1.54) is 38.5 Å². The topological polar surface area (TPSA) is 146 Å². The Kier molecular flexibility index (Phi) is 7.73. The Hall–Kier alpha value is -3.65. The third-order valence-electron chi connectivity index (χ3n) is 5.63. The zero-order valence-electron chi connectivity index (χ0n) is 18.9. The van der Waals surface area contributed by atoms with Crippen LogP contribution in [-0.2, 0) is 0 Å². The van der Waals surface area contributed by atoms with Gasteiger partial charge in [-0.05, 0) is 39.2 Å². The summed E-state index contributed by atoms with van der Waals surface area (Å²) in [7, 11) is 0. The number of allylic oxidation sites excluding steroid dienone is 2. The molecule has 0 bridgehead atoms. The van der Waals surface area contributed by atoms with E-state index in [2.05, 4.69) is 25.9 Å². The monoisotopic (exact) mass is 471 g/mol. The van der Waals surface area contributed by atoms with Crippen LogP contribution in [0.15, 0.2) is 34.8 Å². The van der Waals surface area contributed by atoms with Gasteiger partial charge in [-0.25, -0.2) is 13.8 Å². The molecule has 1 saturated carbocycles. The number of hydrogen-bond acceptors (Lipinski definition) is 8. The van der Waals surface area contributed by atoms with Crippen LogP contribution >= 0.6 is 0 Å². The number of pyridine rings is 1. The minimum atomic E-state index is -1.69. The predicted octanol–water partition coefficient (Wildman–Crippen LogP) is 2.62. The van der Waals surface area contributed by atoms with Gasteiger partial charge in [0.15, 0.2) is 0 Å². The van der Waals surface area contributed by atoms with E-state index in [4.69, 9.17) is 10.7 Å². The zero-order chi connectivity index (χ0) is 24.9. The highest BCUT2D eigenvalue weighted by Crippen LogP contribution is 2.29. The molecule has 180 valence electrons. The lowest BCUT2D eigenvalue weighted by atomic mass is 10.0. The van der Waals surface area contributed by atoms with E-state index in [9.17, 15) is 18.7 Å². The third kappa shape index (κ3) is 5.82. The molecule has 2 heterocycles. The van der Waals surface area contributed by atoms with Gasteiger partial charge in [-0.2, -0.15) is 5.26 Å². The number of carbonyl (C=O) groups is 1. The van der Waals surface area contributed by atoms with Crippen LogP contribution in [0.1, 0.15) is 49.2 Å². The Morgan fingerprint density at radius 2 is 2.26 bits per heavy atom. The summed E-state index contributed by atoms with van der Waals surface area (Å²) in [5.41, 5.74) is -0.386. The number of nitrogens with zero attached hydrogens (tertiary/aromatic N) is 3. The van der Waals surface area contributed by atoms with Crippen LogP contribution in [0.3, 0.4) is 0 Å². The van der Waals surface area contributed by atoms with Crippen molar-refractivity contribution in [2.24, 2.45) is 4.99 Å². The number of aliphatic hydroxyl groups is 1. The molecule has 0 aromatic carbocycles. The van der Waals surface area contributed by atoms with Crippen molar-refractivity contribution in [3.05, 3.63) is 41.1 Å². The second kappa shape index (κ2) is 10.5. The minimum absolute atomic E-state index is 0.0758. The van der Waals surface area contributed by atoms with E-state index in [1.54, 1.807) is 0 Å². The normalized spacial score (nSPS) is 22.2. The molecule has 9 nitrogen and oxygen atoms in total. The first-order valence-corrected chi connectivity index (χ1v) is 10.8. The summed E-state index contributed by atoms with van der Waals surface area (Å²) in [6.45, 7) is 2.19. The number of nitriles is 1. The van der Waals surface area contributed by atoms with Gasteiger partial charge in [0.25, 0.3) is 5.91 Å². The second-order valence-electron chi connectivity index (χ2n) is 8.66. The first-order chi connectivity index (χ1) is 16.1. The first-order valence-electron chi connectivity index (χ1n) is 10.8. The molecule has 0 saturated heterocycles. The molecular formula is C23H27F2N7O2. The standard InChI is InChI=1S/C23H27F2N7O2/c1-23(2,34)20(25)12-31-22(33)15-11-28-18(6-19(15)32-17-5-3-4-16(17)24)14(8-27)21-29-9-13(7-26)10-30-21/h6,8-11,16-17,20,27,29,34H,3-5,12H2,1-2H3,(H,28,32)(H,31,33)/b21-14-,27-8?/t16?,17?,20-/m1/s1. The largest absolute Gasteiger partial charge is 0.387 e. The van der Waals surface area contributed by atoms with Gasteiger partial charge in [0.05, 0.1) is 46.3 Å². The van der Waals surface area contributed by atoms with Gasteiger partial charge in [-0.15, -0.1) is 0 Å². The van der Waals surface area contributed by atoms with Crippen LogP contribution in [0.5, 0.6) is 0 Å². The number of aliphatic imine (C=N–C) groups is 1. The summed E-state index contributed by atoms with van der Waals surface area (Å²) in [5, 5.41) is 34.9. The average molecular weight is 472 g/mol. The van der Waals surface area contributed by atoms with Gasteiger partial charge in [0.2, 0.25) is 0 Å². The van der Waals surface area contributed by atoms with Crippen molar-refractivity contribution in [1.29, 1.82) is 10.7 Å². The summed E-state index contributed by atoms with van der Waals surface area (Å²) < 4.78 is 28.4. The number of anilines is 1. The van der Waals surface area contributed by atoms with Crippen molar-refractivity contribution in [1.82, 2.24) is 15.6 Å². The number of halogens is 2. The molecule has 1 fully saturated rings. The maximum atomic E-state index is 14.3. The molecule has 3 atom stereocenters. The van der Waals surface area contributed by atoms with Crippen molar-refractivity contribution in [2.75, 3.05) is 11.9 Å². The fraction of sp³-hybridized carbons (Fsp3) is 0.435. The number of nitrogens with one attached hydrogen (secondary N) is 4. The van der Waals surface area contributed by atoms with Gasteiger partial charge in [0, 0.05) is 24.8 Å². The van der Waals surface area contributed by atoms with Gasteiger partial charge in [0.1, 0.15) is 24.2 Å². The SMILES string of the molecule is CC(C)(O)[C@H](F)CNC(=O)c1cnc(/C(C=N)=C2\N=CC(C#N)=CN2)cc1NC1CCCC1F. The Bertz CT molecular complexity index is 1090. The van der Waals surface area contributed by atoms with Gasteiger partial charge in [-0.1, -0.05) is 0 Å². The molecule has 1 aromatic heterocycles. The quantitative estimate of drug-likeness (QED) is 0.368. The van der Waals surface area contributed by atoms with Crippen LogP contribution in [-0.4, -0.2) is 59.0 Å². The fourth-order valence-corrected chi connectivity index (χ4v) is 3.53. The zero-order valence-corrected chi connectivity index (χ0v) is 18.9. The van der Waals surface area contributed by atoms with Crippen LogP contribution < -0.4 is 16.0 Å². The third-order valence-corrected chi connectivity index (χ3v) is 5.63. The lowest BCUT2D eigenvalue weighted by Gasteiger charge is -2.23. The lowest BCUT2D eigenvalue weighted by molar-refractivity contribution is -0.00177. The summed E-state index contributed by atoms with van der Waals surface area (Å²) >= 11 is 0. The molecule has 34 heavy (non-hydrogen) atoms. The number of hydrogen-bond donors (Lipinski definition) is 5. The second-order valence-corrected chi connectivity index (χ2v) is 8.66. The summed E-state index contributed by atoms with van der Waals surface area (Å²) in [5.74, 6) is -0.361. The van der Waals surface area contributed by atoms with E-state index in [1.807, 2.05) is 6.07 Å². The van der Waals surface area contributed by atoms with E-state index < -0.39 is 36.4 Å². The molecule has 5 N–H and O–H groups in total. The van der Waals surface area contributed by atoms with Gasteiger partial charge in [-0.3, -0.25) is 9.78 Å². The van der Waals surface area contributed by atoms with E-state index in [0.717, 1.165) is 6.21 Å². The highest BCUT2D eigenvalue weighted by Gasteiger charge is 2.30. The van der Waals surface area contributed by atoms with Crippen molar-refractivity contribution >= 4 is 29.6 Å². The number of amides is 1. The number of aromatic nitrogens is 1. The average Bonchev–Trinajstić information content (AvgIpc) is 3.22. The van der Waals surface area contributed by atoms with Crippen molar-refractivity contribution < 1.29 is 18.7 Å². The Morgan fingerprint density at radius 3 is 2.82 bits per heavy atom. The summed E-state index contributed by atoms with van der Waals surface area (Å²) in [6, 6.07) is 2.95. The molecule has 2 aliphatic rings. The van der Waals surface area contributed by atoms with E-state index in [0.29, 0.717) is 24.8 Å². The number of alkyl halides is 2. The molecular weight excluding hydrogens is 444 g/mol. The fourth-order valence-electron chi connectivity index (χ4n) is 3.53. The van der Waals surface area contributed by atoms with E-state index in [-0.39, 0.29) is 28.3 Å². The maximum absolute atomic E-state index is 14.3. The maximum Gasteiger partial charge on any atom is 0.255 e.